The van der Waals surface area contributed by atoms with E-state index in [1.807, 2.05) is 0 Å². The van der Waals surface area contributed by atoms with Crippen molar-refractivity contribution < 1.29 is 0 Å². The average molecular weight is 682 g/mol. The van der Waals surface area contributed by atoms with Crippen LogP contribution in [0.4, 0.5) is 0 Å². The van der Waals surface area contributed by atoms with Gasteiger partial charge in [-0.2, -0.15) is 0 Å². The van der Waals surface area contributed by atoms with Crippen LogP contribution in [0.15, 0.2) is 0 Å². The molecule has 0 amide bonds. The summed E-state index contributed by atoms with van der Waals surface area (Å²) in [5.41, 5.74) is 33.3. The van der Waals surface area contributed by atoms with Crippen molar-refractivity contribution >= 4 is 43.6 Å². The Balaban J connectivity index is 0.000000152. The van der Waals surface area contributed by atoms with Gasteiger partial charge in [-0.05, 0) is 239 Å². The fourth-order valence-electron chi connectivity index (χ4n) is 8.50. The van der Waals surface area contributed by atoms with E-state index in [0.29, 0.717) is 0 Å². The molecule has 7 aromatic rings. The molecule has 3 N–H and O–H groups in total. The van der Waals surface area contributed by atoms with Gasteiger partial charge in [0, 0.05) is 55.0 Å². The van der Waals surface area contributed by atoms with Crippen molar-refractivity contribution in [2.45, 2.75) is 138 Å². The first-order chi connectivity index (χ1) is 23.7. The minimum atomic E-state index is 1.29. The Kier molecular flexibility index (Phi) is 9.97. The number of rotatable bonds is 0. The van der Waals surface area contributed by atoms with Crippen molar-refractivity contribution in [3.63, 3.8) is 0 Å². The molecule has 3 aromatic heterocycles. The van der Waals surface area contributed by atoms with Crippen LogP contribution in [0.5, 0.6) is 0 Å². The number of nitrogens with one attached hydrogen (secondary N) is 3. The highest BCUT2D eigenvalue weighted by Gasteiger charge is 2.19. The normalized spacial score (nSPS) is 11.5. The summed E-state index contributed by atoms with van der Waals surface area (Å²) in [5.74, 6) is 0. The van der Waals surface area contributed by atoms with E-state index in [9.17, 15) is 0 Å². The molecule has 3 heteroatoms. The number of hydrogen-bond donors (Lipinski definition) is 3. The predicted octanol–water partition coefficient (Wildman–Crippen LogP) is 13.8. The maximum Gasteiger partial charge on any atom is 0.0500 e. The molecule has 0 saturated heterocycles. The van der Waals surface area contributed by atoms with E-state index >= 15 is 0 Å². The van der Waals surface area contributed by atoms with Crippen LogP contribution in [-0.4, -0.2) is 15.0 Å². The van der Waals surface area contributed by atoms with Crippen LogP contribution in [0.3, 0.4) is 0 Å². The van der Waals surface area contributed by atoms with Gasteiger partial charge in [-0.3, -0.25) is 0 Å². The van der Waals surface area contributed by atoms with Gasteiger partial charge in [-0.1, -0.05) is 0 Å². The zero-order valence-corrected chi connectivity index (χ0v) is 35.5. The molecule has 51 heavy (non-hydrogen) atoms. The van der Waals surface area contributed by atoms with Crippen molar-refractivity contribution in [2.24, 2.45) is 0 Å². The summed E-state index contributed by atoms with van der Waals surface area (Å²) < 4.78 is 0. The smallest absolute Gasteiger partial charge is 0.0500 e. The SMILES string of the molecule is Cc1[nH]c2c(C)c(C)c(C)c(C)c2c1C.Cc1[nH]c2c(C)c(C)c(C)c(C)c2c1C.Cc1c(C)c(C)c2c([nH]c3c(C)c(C)c(C)c(C)c32)c1C. The summed E-state index contributed by atoms with van der Waals surface area (Å²) in [4.78, 5) is 10.7. The minimum Gasteiger partial charge on any atom is -0.358 e. The molecule has 7 rings (SSSR count). The Morgan fingerprint density at radius 1 is 0.176 bits per heavy atom. The van der Waals surface area contributed by atoms with Gasteiger partial charge in [0.1, 0.15) is 0 Å². The van der Waals surface area contributed by atoms with Crippen LogP contribution >= 0.6 is 0 Å². The predicted molar refractivity (Wildman–Crippen MR) is 227 cm³/mol. The lowest BCUT2D eigenvalue weighted by Crippen LogP contribution is -1.94. The number of aryl methyl sites for hydroxylation is 12. The second-order valence-electron chi connectivity index (χ2n) is 15.9. The first-order valence-electron chi connectivity index (χ1n) is 18.8. The highest BCUT2D eigenvalue weighted by molar-refractivity contribution is 6.13. The monoisotopic (exact) mass is 682 g/mol. The van der Waals surface area contributed by atoms with E-state index in [2.05, 4.69) is 153 Å². The maximum absolute atomic E-state index is 3.73. The van der Waals surface area contributed by atoms with Gasteiger partial charge in [-0.25, -0.2) is 0 Å². The Hall–Kier alpha value is -4.24. The third-order valence-corrected chi connectivity index (χ3v) is 13.8. The lowest BCUT2D eigenvalue weighted by molar-refractivity contribution is 1.22. The molecule has 3 nitrogen and oxygen atoms in total. The lowest BCUT2D eigenvalue weighted by atomic mass is 9.90. The molecular formula is C48H63N3. The van der Waals surface area contributed by atoms with E-state index in [0.717, 1.165) is 0 Å². The lowest BCUT2D eigenvalue weighted by Gasteiger charge is -2.13. The Bertz CT molecular complexity index is 2380. The van der Waals surface area contributed by atoms with Gasteiger partial charge < -0.3 is 15.0 Å². The standard InChI is InChI=1S/C20H25N.2C14H19N/c1-9-11(3)15(7)19-17(13(9)5)18-14(6)10(2)12(4)16(8)20(18)21-19;2*1-7-8(2)10(4)14-13(9(7)3)11(5)12(6)15-14/h21H,1-8H3;2*15H,1-6H3. The van der Waals surface area contributed by atoms with E-state index in [1.165, 1.54) is 155 Å². The first-order valence-corrected chi connectivity index (χ1v) is 18.8. The Morgan fingerprint density at radius 3 is 0.627 bits per heavy atom. The van der Waals surface area contributed by atoms with Crippen molar-refractivity contribution in [1.29, 1.82) is 0 Å². The molecule has 0 bridgehead atoms. The summed E-state index contributed by atoms with van der Waals surface area (Å²) >= 11 is 0. The molecule has 3 heterocycles. The van der Waals surface area contributed by atoms with E-state index in [1.54, 1.807) is 0 Å². The van der Waals surface area contributed by atoms with Crippen LogP contribution < -0.4 is 0 Å². The van der Waals surface area contributed by atoms with E-state index < -0.39 is 0 Å². The van der Waals surface area contributed by atoms with Crippen molar-refractivity contribution in [1.82, 2.24) is 15.0 Å². The topological polar surface area (TPSA) is 47.4 Å². The number of aromatic amines is 3. The van der Waals surface area contributed by atoms with E-state index in [4.69, 9.17) is 0 Å². The summed E-state index contributed by atoms with van der Waals surface area (Å²) in [5, 5.41) is 5.70. The molecule has 0 saturated carbocycles. The number of benzene rings is 4. The third-order valence-electron chi connectivity index (χ3n) is 13.8. The average Bonchev–Trinajstić information content (AvgIpc) is 3.75. The molecule has 0 aliphatic rings. The van der Waals surface area contributed by atoms with Crippen molar-refractivity contribution in [2.75, 3.05) is 0 Å². The number of fused-ring (bicyclic) bond motifs is 5. The molecule has 270 valence electrons. The van der Waals surface area contributed by atoms with Gasteiger partial charge in [0.05, 0.1) is 0 Å². The van der Waals surface area contributed by atoms with Crippen molar-refractivity contribution in [3.8, 4) is 0 Å². The van der Waals surface area contributed by atoms with Gasteiger partial charge in [0.25, 0.3) is 0 Å². The summed E-state index contributed by atoms with van der Waals surface area (Å²) in [6.07, 6.45) is 0. The van der Waals surface area contributed by atoms with Gasteiger partial charge in [0.2, 0.25) is 0 Å². The molecule has 0 aliphatic heterocycles. The highest BCUT2D eigenvalue weighted by Crippen LogP contribution is 2.39. The molecular weight excluding hydrogens is 619 g/mol. The highest BCUT2D eigenvalue weighted by atomic mass is 14.7. The number of H-pyrrole nitrogens is 3. The van der Waals surface area contributed by atoms with Crippen LogP contribution in [0.25, 0.3) is 43.6 Å². The summed E-state index contributed by atoms with van der Waals surface area (Å²) in [6, 6.07) is 0. The van der Waals surface area contributed by atoms with Crippen molar-refractivity contribution in [3.05, 3.63) is 112 Å². The quantitative estimate of drug-likeness (QED) is 0.143. The number of hydrogen-bond acceptors (Lipinski definition) is 0. The van der Waals surface area contributed by atoms with Crippen LogP contribution in [0, 0.1) is 138 Å². The molecule has 0 aliphatic carbocycles. The summed E-state index contributed by atoms with van der Waals surface area (Å²) in [7, 11) is 0. The fraction of sp³-hybridized carbons (Fsp3) is 0.417. The molecule has 0 fully saturated rings. The minimum absolute atomic E-state index is 1.29. The molecule has 4 aromatic carbocycles. The zero-order chi connectivity index (χ0) is 38.3. The number of aromatic nitrogens is 3. The van der Waals surface area contributed by atoms with Gasteiger partial charge in [0.15, 0.2) is 0 Å². The second-order valence-corrected chi connectivity index (χ2v) is 15.9. The Morgan fingerprint density at radius 2 is 0.373 bits per heavy atom. The third kappa shape index (κ3) is 5.72. The zero-order valence-electron chi connectivity index (χ0n) is 35.5. The maximum atomic E-state index is 3.73. The fourth-order valence-corrected chi connectivity index (χ4v) is 8.50. The summed E-state index contributed by atoms with van der Waals surface area (Å²) in [6.45, 7) is 44.4. The van der Waals surface area contributed by atoms with E-state index in [-0.39, 0.29) is 0 Å². The second kappa shape index (κ2) is 13.4. The van der Waals surface area contributed by atoms with Gasteiger partial charge >= 0.3 is 0 Å². The molecule has 0 atom stereocenters. The Labute approximate surface area is 307 Å². The largest absolute Gasteiger partial charge is 0.358 e. The molecule has 0 spiro atoms. The first kappa shape index (κ1) is 38.0. The van der Waals surface area contributed by atoms with Crippen LogP contribution in [0.1, 0.15) is 112 Å². The van der Waals surface area contributed by atoms with Crippen LogP contribution in [-0.2, 0) is 0 Å². The molecule has 0 radical (unpaired) electrons. The molecule has 0 unspecified atom stereocenters. The van der Waals surface area contributed by atoms with Gasteiger partial charge in [-0.15, -0.1) is 0 Å². The van der Waals surface area contributed by atoms with Crippen LogP contribution in [0.2, 0.25) is 0 Å².